The summed E-state index contributed by atoms with van der Waals surface area (Å²) < 4.78 is 20.8. The van der Waals surface area contributed by atoms with Crippen molar-refractivity contribution in [1.82, 2.24) is 19.5 Å². The standard InChI is InChI=1S/C23H27FN4O2/c1-15-14-28-12-11-27(23(29)22(28)16(15)2)10-9-26-7-5-17(6-8-26)21-19-4-3-18(24)13-20(19)30-25-21/h3-4,13-14,17H,5-12H2,1-2H3. The van der Waals surface area contributed by atoms with Gasteiger partial charge in [-0.15, -0.1) is 0 Å². The Bertz CT molecular complexity index is 1090. The van der Waals surface area contributed by atoms with Crippen molar-refractivity contribution >= 4 is 16.9 Å². The predicted octanol–water partition coefficient (Wildman–Crippen LogP) is 3.72. The van der Waals surface area contributed by atoms with Crippen LogP contribution in [0.5, 0.6) is 0 Å². The van der Waals surface area contributed by atoms with Gasteiger partial charge in [0, 0.05) is 49.7 Å². The van der Waals surface area contributed by atoms with Crippen LogP contribution in [-0.4, -0.2) is 58.2 Å². The lowest BCUT2D eigenvalue weighted by atomic mass is 9.91. The van der Waals surface area contributed by atoms with Crippen molar-refractivity contribution in [1.29, 1.82) is 0 Å². The number of nitrogens with zero attached hydrogens (tertiary/aromatic N) is 4. The number of fused-ring (bicyclic) bond motifs is 2. The van der Waals surface area contributed by atoms with E-state index in [0.717, 1.165) is 74.4 Å². The average molecular weight is 410 g/mol. The Morgan fingerprint density at radius 2 is 1.93 bits per heavy atom. The number of likely N-dealkylation sites (tertiary alicyclic amines) is 1. The van der Waals surface area contributed by atoms with E-state index in [9.17, 15) is 9.18 Å². The molecule has 30 heavy (non-hydrogen) atoms. The summed E-state index contributed by atoms with van der Waals surface area (Å²) in [7, 11) is 0. The molecule has 1 fully saturated rings. The molecule has 0 radical (unpaired) electrons. The van der Waals surface area contributed by atoms with Gasteiger partial charge in [-0.2, -0.15) is 0 Å². The first-order valence-corrected chi connectivity index (χ1v) is 10.7. The van der Waals surface area contributed by atoms with Crippen LogP contribution in [0.4, 0.5) is 4.39 Å². The Morgan fingerprint density at radius 1 is 1.13 bits per heavy atom. The number of aryl methyl sites for hydroxylation is 1. The molecule has 2 aromatic heterocycles. The fourth-order valence-corrected chi connectivity index (χ4v) is 4.87. The number of halogens is 1. The molecule has 0 N–H and O–H groups in total. The smallest absolute Gasteiger partial charge is 0.270 e. The maximum atomic E-state index is 13.4. The van der Waals surface area contributed by atoms with Gasteiger partial charge < -0.3 is 18.9 Å². The maximum absolute atomic E-state index is 13.4. The SMILES string of the molecule is Cc1cn2c(c1C)C(=O)N(CCN1CCC(c3noc4cc(F)ccc34)CC1)CC2. The van der Waals surface area contributed by atoms with Crippen LogP contribution in [0.15, 0.2) is 28.9 Å². The highest BCUT2D eigenvalue weighted by Gasteiger charge is 2.29. The van der Waals surface area contributed by atoms with E-state index in [2.05, 4.69) is 27.7 Å². The fraction of sp³-hybridized carbons (Fsp3) is 0.478. The van der Waals surface area contributed by atoms with E-state index in [1.54, 1.807) is 6.07 Å². The van der Waals surface area contributed by atoms with Crippen LogP contribution < -0.4 is 0 Å². The molecular weight excluding hydrogens is 383 g/mol. The molecule has 3 aromatic rings. The lowest BCUT2D eigenvalue weighted by Gasteiger charge is -2.34. The molecule has 0 unspecified atom stereocenters. The molecule has 7 heteroatoms. The first-order valence-electron chi connectivity index (χ1n) is 10.7. The monoisotopic (exact) mass is 410 g/mol. The van der Waals surface area contributed by atoms with Gasteiger partial charge in [-0.3, -0.25) is 4.79 Å². The normalized spacial score (nSPS) is 18.4. The Morgan fingerprint density at radius 3 is 2.73 bits per heavy atom. The number of amides is 1. The van der Waals surface area contributed by atoms with Crippen LogP contribution in [0.2, 0.25) is 0 Å². The number of piperidine rings is 1. The quantitative estimate of drug-likeness (QED) is 0.658. The Kier molecular flexibility index (Phi) is 4.85. The molecular formula is C23H27FN4O2. The Hall–Kier alpha value is -2.67. The number of rotatable bonds is 4. The molecule has 0 atom stereocenters. The highest BCUT2D eigenvalue weighted by Crippen LogP contribution is 2.32. The number of hydrogen-bond donors (Lipinski definition) is 0. The Balaban J connectivity index is 1.18. The van der Waals surface area contributed by atoms with Crippen LogP contribution in [0, 0.1) is 19.7 Å². The minimum absolute atomic E-state index is 0.156. The summed E-state index contributed by atoms with van der Waals surface area (Å²) in [5, 5.41) is 5.15. The van der Waals surface area contributed by atoms with Gasteiger partial charge in [-0.05, 0) is 63.0 Å². The number of carbonyl (C=O) groups is 1. The van der Waals surface area contributed by atoms with E-state index in [1.165, 1.54) is 17.7 Å². The van der Waals surface area contributed by atoms with Crippen molar-refractivity contribution in [3.8, 4) is 0 Å². The first kappa shape index (κ1) is 19.3. The van der Waals surface area contributed by atoms with E-state index >= 15 is 0 Å². The summed E-state index contributed by atoms with van der Waals surface area (Å²) in [5.41, 5.74) is 4.61. The van der Waals surface area contributed by atoms with E-state index in [-0.39, 0.29) is 11.7 Å². The summed E-state index contributed by atoms with van der Waals surface area (Å²) >= 11 is 0. The number of benzene rings is 1. The lowest BCUT2D eigenvalue weighted by molar-refractivity contribution is 0.0673. The van der Waals surface area contributed by atoms with E-state index in [1.807, 2.05) is 11.8 Å². The zero-order valence-corrected chi connectivity index (χ0v) is 17.5. The third-order valence-corrected chi connectivity index (χ3v) is 6.81. The van der Waals surface area contributed by atoms with Gasteiger partial charge in [0.15, 0.2) is 5.58 Å². The Labute approximate surface area is 175 Å². The van der Waals surface area contributed by atoms with Gasteiger partial charge in [0.25, 0.3) is 5.91 Å². The second-order valence-electron chi connectivity index (χ2n) is 8.60. The summed E-state index contributed by atoms with van der Waals surface area (Å²) in [5.74, 6) is 0.186. The molecule has 0 aliphatic carbocycles. The minimum Gasteiger partial charge on any atom is -0.356 e. The summed E-state index contributed by atoms with van der Waals surface area (Å²) in [6.07, 6.45) is 4.08. The van der Waals surface area contributed by atoms with Crippen molar-refractivity contribution in [2.45, 2.75) is 39.2 Å². The van der Waals surface area contributed by atoms with E-state index < -0.39 is 0 Å². The van der Waals surface area contributed by atoms with Crippen molar-refractivity contribution in [2.75, 3.05) is 32.7 Å². The summed E-state index contributed by atoms with van der Waals surface area (Å²) in [6.45, 7) is 9.34. The highest BCUT2D eigenvalue weighted by molar-refractivity contribution is 5.95. The summed E-state index contributed by atoms with van der Waals surface area (Å²) in [4.78, 5) is 17.3. The molecule has 1 aromatic carbocycles. The van der Waals surface area contributed by atoms with Gasteiger partial charge in [0.1, 0.15) is 11.5 Å². The molecule has 0 saturated carbocycles. The average Bonchev–Trinajstić information content (AvgIpc) is 3.28. The largest absolute Gasteiger partial charge is 0.356 e. The molecule has 2 aliphatic heterocycles. The molecule has 0 bridgehead atoms. The van der Waals surface area contributed by atoms with Crippen molar-refractivity contribution in [2.24, 2.45) is 0 Å². The molecule has 5 rings (SSSR count). The second-order valence-corrected chi connectivity index (χ2v) is 8.60. The van der Waals surface area contributed by atoms with E-state index in [0.29, 0.717) is 11.5 Å². The molecule has 6 nitrogen and oxygen atoms in total. The van der Waals surface area contributed by atoms with Crippen LogP contribution in [0.3, 0.4) is 0 Å². The van der Waals surface area contributed by atoms with Crippen molar-refractivity contribution in [3.05, 3.63) is 52.7 Å². The molecule has 2 aliphatic rings. The minimum atomic E-state index is -0.301. The molecule has 4 heterocycles. The van der Waals surface area contributed by atoms with Gasteiger partial charge in [0.05, 0.1) is 5.69 Å². The maximum Gasteiger partial charge on any atom is 0.270 e. The van der Waals surface area contributed by atoms with Crippen molar-refractivity contribution in [3.63, 3.8) is 0 Å². The topological polar surface area (TPSA) is 54.5 Å². The molecule has 1 saturated heterocycles. The van der Waals surface area contributed by atoms with Crippen LogP contribution in [0.25, 0.3) is 11.0 Å². The van der Waals surface area contributed by atoms with Crippen LogP contribution >= 0.6 is 0 Å². The van der Waals surface area contributed by atoms with Gasteiger partial charge >= 0.3 is 0 Å². The van der Waals surface area contributed by atoms with E-state index in [4.69, 9.17) is 4.52 Å². The predicted molar refractivity (Wildman–Crippen MR) is 112 cm³/mol. The lowest BCUT2D eigenvalue weighted by Crippen LogP contribution is -2.45. The van der Waals surface area contributed by atoms with Gasteiger partial charge in [0.2, 0.25) is 0 Å². The van der Waals surface area contributed by atoms with Gasteiger partial charge in [-0.25, -0.2) is 4.39 Å². The van der Waals surface area contributed by atoms with Crippen molar-refractivity contribution < 1.29 is 13.7 Å². The molecule has 0 spiro atoms. The fourth-order valence-electron chi connectivity index (χ4n) is 4.87. The second kappa shape index (κ2) is 7.54. The summed E-state index contributed by atoms with van der Waals surface area (Å²) in [6, 6.07) is 4.63. The number of aromatic nitrogens is 2. The third-order valence-electron chi connectivity index (χ3n) is 6.81. The number of hydrogen-bond acceptors (Lipinski definition) is 4. The third kappa shape index (κ3) is 3.31. The highest BCUT2D eigenvalue weighted by atomic mass is 19.1. The first-order chi connectivity index (χ1) is 14.5. The van der Waals surface area contributed by atoms with Gasteiger partial charge in [-0.1, -0.05) is 5.16 Å². The zero-order chi connectivity index (χ0) is 20.8. The zero-order valence-electron chi connectivity index (χ0n) is 17.5. The molecule has 158 valence electrons. The van der Waals surface area contributed by atoms with Crippen LogP contribution in [-0.2, 0) is 6.54 Å². The molecule has 1 amide bonds. The van der Waals surface area contributed by atoms with Crippen LogP contribution in [0.1, 0.15) is 46.1 Å². The number of carbonyl (C=O) groups excluding carboxylic acids is 1.